The molecule has 4 nitrogen and oxygen atoms in total. The third-order valence-electron chi connectivity index (χ3n) is 5.62. The van der Waals surface area contributed by atoms with Crippen molar-refractivity contribution in [2.45, 2.75) is 45.4 Å². The summed E-state index contributed by atoms with van der Waals surface area (Å²) in [5, 5.41) is 3.42. The van der Waals surface area contributed by atoms with Crippen LogP contribution in [0, 0.1) is 5.92 Å². The summed E-state index contributed by atoms with van der Waals surface area (Å²) in [6, 6.07) is 14.0. The van der Waals surface area contributed by atoms with Crippen LogP contribution < -0.4 is 5.32 Å². The summed E-state index contributed by atoms with van der Waals surface area (Å²) in [5.41, 5.74) is 2.52. The normalized spacial score (nSPS) is 15.4. The van der Waals surface area contributed by atoms with Gasteiger partial charge in [0.05, 0.1) is 6.26 Å². The molecule has 1 fully saturated rings. The van der Waals surface area contributed by atoms with E-state index in [0.717, 1.165) is 45.3 Å². The highest BCUT2D eigenvalue weighted by molar-refractivity contribution is 5.91. The lowest BCUT2D eigenvalue weighted by Crippen LogP contribution is -2.40. The molecule has 0 spiro atoms. The Bertz CT molecular complexity index is 746. The fourth-order valence-electron chi connectivity index (χ4n) is 3.98. The monoisotopic (exact) mass is 394 g/mol. The Kier molecular flexibility index (Phi) is 8.57. The number of amides is 1. The highest BCUT2D eigenvalue weighted by Gasteiger charge is 2.24. The van der Waals surface area contributed by atoms with Crippen LogP contribution in [0.5, 0.6) is 0 Å². The molecule has 0 saturated carbocycles. The number of carbonyl (C=O) groups excluding carboxylic acids is 1. The van der Waals surface area contributed by atoms with Gasteiger partial charge in [-0.15, -0.1) is 0 Å². The first-order valence-corrected chi connectivity index (χ1v) is 11.0. The number of benzene rings is 1. The average molecular weight is 395 g/mol. The number of piperidine rings is 1. The minimum atomic E-state index is 0.00276. The molecule has 1 aliphatic rings. The lowest BCUT2D eigenvalue weighted by Gasteiger charge is -2.30. The van der Waals surface area contributed by atoms with Crippen LogP contribution in [0.1, 0.15) is 61.6 Å². The van der Waals surface area contributed by atoms with E-state index >= 15 is 0 Å². The summed E-state index contributed by atoms with van der Waals surface area (Å²) >= 11 is 0. The van der Waals surface area contributed by atoms with Crippen LogP contribution in [0.15, 0.2) is 58.7 Å². The quantitative estimate of drug-likeness (QED) is 0.550. The molecular formula is C25H34N2O2. The first kappa shape index (κ1) is 21.4. The molecule has 1 aliphatic heterocycles. The van der Waals surface area contributed by atoms with E-state index in [1.807, 2.05) is 11.0 Å². The van der Waals surface area contributed by atoms with Gasteiger partial charge < -0.3 is 14.6 Å². The molecule has 0 bridgehead atoms. The Morgan fingerprint density at radius 2 is 1.93 bits per heavy atom. The molecule has 0 unspecified atom stereocenters. The van der Waals surface area contributed by atoms with Crippen LogP contribution in [-0.2, 0) is 0 Å². The maximum Gasteiger partial charge on any atom is 0.289 e. The van der Waals surface area contributed by atoms with Gasteiger partial charge in [-0.1, -0.05) is 61.7 Å². The molecule has 3 rings (SSSR count). The van der Waals surface area contributed by atoms with Gasteiger partial charge in [0, 0.05) is 13.1 Å². The highest BCUT2D eigenvalue weighted by atomic mass is 16.3. The maximum absolute atomic E-state index is 13.2. The summed E-state index contributed by atoms with van der Waals surface area (Å²) in [7, 11) is 0. The van der Waals surface area contributed by atoms with Crippen molar-refractivity contribution in [2.75, 3.05) is 26.2 Å². The number of hydrogen-bond donors (Lipinski definition) is 1. The number of unbranched alkanes of at least 4 members (excludes halogenated alkanes) is 2. The van der Waals surface area contributed by atoms with E-state index in [-0.39, 0.29) is 5.91 Å². The summed E-state index contributed by atoms with van der Waals surface area (Å²) in [6.45, 7) is 5.76. The second-order valence-corrected chi connectivity index (χ2v) is 8.03. The minimum absolute atomic E-state index is 0.00276. The lowest BCUT2D eigenvalue weighted by atomic mass is 9.96. The molecular weight excluding hydrogens is 360 g/mol. The van der Waals surface area contributed by atoms with E-state index in [4.69, 9.17) is 4.42 Å². The number of furan rings is 1. The number of rotatable bonds is 10. The number of nitrogens with zero attached hydrogens (tertiary/aromatic N) is 1. The molecule has 2 heterocycles. The Hall–Kier alpha value is -2.33. The standard InChI is InChI=1S/C25H34N2O2/c1-2-3-5-11-23(18-21-9-6-4-7-10-21)20-27(19-22-13-15-26-16-14-22)25(28)24-12-8-17-29-24/h4,6-10,12,17-18,22,26H,2-3,5,11,13-16,19-20H2,1H3/b23-18+. The zero-order chi connectivity index (χ0) is 20.3. The zero-order valence-corrected chi connectivity index (χ0v) is 17.6. The maximum atomic E-state index is 13.2. The first-order chi connectivity index (χ1) is 14.3. The van der Waals surface area contributed by atoms with Crippen LogP contribution in [0.3, 0.4) is 0 Å². The zero-order valence-electron chi connectivity index (χ0n) is 17.6. The van der Waals surface area contributed by atoms with Crippen LogP contribution in [0.2, 0.25) is 0 Å². The molecule has 2 aromatic rings. The van der Waals surface area contributed by atoms with Gasteiger partial charge in [-0.2, -0.15) is 0 Å². The average Bonchev–Trinajstić information content (AvgIpc) is 3.29. The SMILES string of the molecule is CCCCC/C(=C\c1ccccc1)CN(CC1CCNCC1)C(=O)c1ccco1. The molecule has 1 amide bonds. The number of hydrogen-bond acceptors (Lipinski definition) is 3. The highest BCUT2D eigenvalue weighted by Crippen LogP contribution is 2.20. The van der Waals surface area contributed by atoms with Gasteiger partial charge >= 0.3 is 0 Å². The van der Waals surface area contributed by atoms with Gasteiger partial charge in [0.15, 0.2) is 5.76 Å². The van der Waals surface area contributed by atoms with Crippen molar-refractivity contribution < 1.29 is 9.21 Å². The predicted molar refractivity (Wildman–Crippen MR) is 119 cm³/mol. The first-order valence-electron chi connectivity index (χ1n) is 11.0. The Morgan fingerprint density at radius 3 is 2.62 bits per heavy atom. The lowest BCUT2D eigenvalue weighted by molar-refractivity contribution is 0.0700. The van der Waals surface area contributed by atoms with Gasteiger partial charge in [-0.05, 0) is 62.4 Å². The Labute approximate surface area is 175 Å². The third kappa shape index (κ3) is 6.90. The summed E-state index contributed by atoms with van der Waals surface area (Å²) in [4.78, 5) is 15.2. The smallest absolute Gasteiger partial charge is 0.289 e. The molecule has 29 heavy (non-hydrogen) atoms. The van der Waals surface area contributed by atoms with E-state index in [1.54, 1.807) is 18.4 Å². The van der Waals surface area contributed by atoms with E-state index in [2.05, 4.69) is 42.6 Å². The van der Waals surface area contributed by atoms with Crippen molar-refractivity contribution in [3.63, 3.8) is 0 Å². The van der Waals surface area contributed by atoms with E-state index < -0.39 is 0 Å². The van der Waals surface area contributed by atoms with Crippen LogP contribution in [0.25, 0.3) is 6.08 Å². The molecule has 0 radical (unpaired) electrons. The fourth-order valence-corrected chi connectivity index (χ4v) is 3.98. The topological polar surface area (TPSA) is 45.5 Å². The van der Waals surface area contributed by atoms with Gasteiger partial charge in [0.2, 0.25) is 0 Å². The van der Waals surface area contributed by atoms with Gasteiger partial charge in [-0.3, -0.25) is 4.79 Å². The van der Waals surface area contributed by atoms with Gasteiger partial charge in [0.1, 0.15) is 0 Å². The predicted octanol–water partition coefficient (Wildman–Crippen LogP) is 5.39. The van der Waals surface area contributed by atoms with Crippen molar-refractivity contribution in [2.24, 2.45) is 5.92 Å². The van der Waals surface area contributed by atoms with Crippen molar-refractivity contribution >= 4 is 12.0 Å². The molecule has 156 valence electrons. The molecule has 0 aliphatic carbocycles. The van der Waals surface area contributed by atoms with E-state index in [9.17, 15) is 4.79 Å². The summed E-state index contributed by atoms with van der Waals surface area (Å²) in [6.07, 6.45) is 10.7. The van der Waals surface area contributed by atoms with E-state index in [1.165, 1.54) is 24.0 Å². The number of nitrogens with one attached hydrogen (secondary N) is 1. The minimum Gasteiger partial charge on any atom is -0.459 e. The van der Waals surface area contributed by atoms with Crippen LogP contribution in [0.4, 0.5) is 0 Å². The van der Waals surface area contributed by atoms with Crippen LogP contribution >= 0.6 is 0 Å². The van der Waals surface area contributed by atoms with Crippen molar-refractivity contribution in [3.8, 4) is 0 Å². The fraction of sp³-hybridized carbons (Fsp3) is 0.480. The molecule has 0 atom stereocenters. The largest absolute Gasteiger partial charge is 0.459 e. The summed E-state index contributed by atoms with van der Waals surface area (Å²) in [5.74, 6) is 0.985. The van der Waals surface area contributed by atoms with Crippen molar-refractivity contribution in [1.82, 2.24) is 10.2 Å². The van der Waals surface area contributed by atoms with Crippen molar-refractivity contribution in [1.29, 1.82) is 0 Å². The summed E-state index contributed by atoms with van der Waals surface area (Å²) < 4.78 is 5.44. The van der Waals surface area contributed by atoms with E-state index in [0.29, 0.717) is 18.2 Å². The Balaban J connectivity index is 1.78. The van der Waals surface area contributed by atoms with Crippen molar-refractivity contribution in [3.05, 3.63) is 65.6 Å². The van der Waals surface area contributed by atoms with Crippen LogP contribution in [-0.4, -0.2) is 37.0 Å². The molecule has 1 aromatic carbocycles. The van der Waals surface area contributed by atoms with Gasteiger partial charge in [-0.25, -0.2) is 0 Å². The molecule has 4 heteroatoms. The molecule has 1 saturated heterocycles. The molecule has 1 N–H and O–H groups in total. The van der Waals surface area contributed by atoms with Gasteiger partial charge in [0.25, 0.3) is 5.91 Å². The number of carbonyl (C=O) groups is 1. The second-order valence-electron chi connectivity index (χ2n) is 8.03. The molecule has 1 aromatic heterocycles. The second kappa shape index (κ2) is 11.6. The third-order valence-corrected chi connectivity index (χ3v) is 5.62. The Morgan fingerprint density at radius 1 is 1.14 bits per heavy atom.